The molecular formula is C13H15N3O2. The Morgan fingerprint density at radius 2 is 2.11 bits per heavy atom. The summed E-state index contributed by atoms with van der Waals surface area (Å²) in [5.41, 5.74) is 0.576. The van der Waals surface area contributed by atoms with Gasteiger partial charge >= 0.3 is 0 Å². The molecule has 0 bridgehead atoms. The summed E-state index contributed by atoms with van der Waals surface area (Å²) in [6, 6.07) is 8.73. The predicted molar refractivity (Wildman–Crippen MR) is 66.9 cm³/mol. The fourth-order valence-corrected chi connectivity index (χ4v) is 2.06. The standard InChI is InChI=1S/C13H15N3O2/c1-13(18)8-16(9-13)7-12(17)15-11-4-2-10(6-14)3-5-11/h2-5,18H,7-9H2,1H3,(H,15,17). The van der Waals surface area contributed by atoms with Gasteiger partial charge in [0.2, 0.25) is 5.91 Å². The molecular weight excluding hydrogens is 230 g/mol. The number of rotatable bonds is 3. The van der Waals surface area contributed by atoms with Crippen LogP contribution in [-0.2, 0) is 4.79 Å². The number of hydrogen-bond donors (Lipinski definition) is 2. The summed E-state index contributed by atoms with van der Waals surface area (Å²) >= 11 is 0. The van der Waals surface area contributed by atoms with E-state index in [1.54, 1.807) is 31.2 Å². The maximum Gasteiger partial charge on any atom is 0.238 e. The molecule has 1 heterocycles. The first-order valence-corrected chi connectivity index (χ1v) is 5.73. The lowest BCUT2D eigenvalue weighted by Crippen LogP contribution is -2.61. The van der Waals surface area contributed by atoms with Gasteiger partial charge in [-0.2, -0.15) is 5.26 Å². The minimum Gasteiger partial charge on any atom is -0.388 e. The van der Waals surface area contributed by atoms with Gasteiger partial charge in [-0.1, -0.05) is 0 Å². The number of carbonyl (C=O) groups is 1. The predicted octanol–water partition coefficient (Wildman–Crippen LogP) is 0.563. The lowest BCUT2D eigenvalue weighted by molar-refractivity contribution is -0.125. The number of aliphatic hydroxyl groups is 1. The van der Waals surface area contributed by atoms with Crippen molar-refractivity contribution < 1.29 is 9.90 Å². The van der Waals surface area contributed by atoms with Crippen molar-refractivity contribution in [2.75, 3.05) is 25.0 Å². The number of nitrogens with zero attached hydrogens (tertiary/aromatic N) is 2. The number of benzene rings is 1. The quantitative estimate of drug-likeness (QED) is 0.816. The minimum absolute atomic E-state index is 0.116. The average Bonchev–Trinajstić information content (AvgIpc) is 2.27. The van der Waals surface area contributed by atoms with Crippen LogP contribution in [0.2, 0.25) is 0 Å². The number of hydrogen-bond acceptors (Lipinski definition) is 4. The van der Waals surface area contributed by atoms with Crippen molar-refractivity contribution in [1.82, 2.24) is 4.90 Å². The molecule has 1 fully saturated rings. The smallest absolute Gasteiger partial charge is 0.238 e. The number of β-amino-alcohol motifs (C(OH)–C–C–N with tert-alkyl or cyclic N) is 1. The SMILES string of the molecule is CC1(O)CN(CC(=O)Nc2ccc(C#N)cc2)C1. The van der Waals surface area contributed by atoms with Crippen LogP contribution in [0, 0.1) is 11.3 Å². The van der Waals surface area contributed by atoms with Crippen LogP contribution in [0.1, 0.15) is 12.5 Å². The van der Waals surface area contributed by atoms with Gasteiger partial charge in [0.15, 0.2) is 0 Å². The van der Waals surface area contributed by atoms with Gasteiger partial charge in [0, 0.05) is 18.8 Å². The third-order valence-electron chi connectivity index (χ3n) is 2.79. The number of amides is 1. The highest BCUT2D eigenvalue weighted by Crippen LogP contribution is 2.19. The lowest BCUT2D eigenvalue weighted by atomic mass is 9.97. The number of likely N-dealkylation sites (tertiary alicyclic amines) is 1. The van der Waals surface area contributed by atoms with Gasteiger partial charge in [0.25, 0.3) is 0 Å². The first-order valence-electron chi connectivity index (χ1n) is 5.73. The van der Waals surface area contributed by atoms with E-state index in [2.05, 4.69) is 5.32 Å². The molecule has 1 aliphatic rings. The summed E-state index contributed by atoms with van der Waals surface area (Å²) in [5.74, 6) is -0.116. The van der Waals surface area contributed by atoms with Crippen LogP contribution in [0.5, 0.6) is 0 Å². The molecule has 94 valence electrons. The van der Waals surface area contributed by atoms with Gasteiger partial charge in [0.05, 0.1) is 23.8 Å². The van der Waals surface area contributed by atoms with Crippen molar-refractivity contribution in [1.29, 1.82) is 5.26 Å². The second-order valence-corrected chi connectivity index (χ2v) is 4.88. The van der Waals surface area contributed by atoms with E-state index < -0.39 is 5.60 Å². The van der Waals surface area contributed by atoms with Gasteiger partial charge in [-0.3, -0.25) is 9.69 Å². The third-order valence-corrected chi connectivity index (χ3v) is 2.79. The summed E-state index contributed by atoms with van der Waals surface area (Å²) in [4.78, 5) is 13.6. The molecule has 0 saturated carbocycles. The lowest BCUT2D eigenvalue weighted by Gasteiger charge is -2.43. The third kappa shape index (κ3) is 3.06. The second kappa shape index (κ2) is 4.77. The normalized spacial score (nSPS) is 17.6. The summed E-state index contributed by atoms with van der Waals surface area (Å²) in [7, 11) is 0. The molecule has 0 radical (unpaired) electrons. The molecule has 2 rings (SSSR count). The van der Waals surface area contributed by atoms with Crippen LogP contribution in [-0.4, -0.2) is 41.1 Å². The Morgan fingerprint density at radius 1 is 1.50 bits per heavy atom. The van der Waals surface area contributed by atoms with E-state index in [0.717, 1.165) is 0 Å². The average molecular weight is 245 g/mol. The number of nitrogens with one attached hydrogen (secondary N) is 1. The van der Waals surface area contributed by atoms with E-state index in [-0.39, 0.29) is 12.5 Å². The molecule has 5 nitrogen and oxygen atoms in total. The number of carbonyl (C=O) groups excluding carboxylic acids is 1. The van der Waals surface area contributed by atoms with Crippen molar-refractivity contribution in [3.63, 3.8) is 0 Å². The maximum absolute atomic E-state index is 11.7. The van der Waals surface area contributed by atoms with Crippen LogP contribution in [0.3, 0.4) is 0 Å². The Morgan fingerprint density at radius 3 is 2.61 bits per heavy atom. The fraction of sp³-hybridized carbons (Fsp3) is 0.385. The summed E-state index contributed by atoms with van der Waals surface area (Å²) in [5, 5.41) is 20.9. The van der Waals surface area contributed by atoms with Crippen LogP contribution in [0.25, 0.3) is 0 Å². The largest absolute Gasteiger partial charge is 0.388 e. The maximum atomic E-state index is 11.7. The highest BCUT2D eigenvalue weighted by atomic mass is 16.3. The van der Waals surface area contributed by atoms with Gasteiger partial charge in [-0.25, -0.2) is 0 Å². The fourth-order valence-electron chi connectivity index (χ4n) is 2.06. The van der Waals surface area contributed by atoms with Crippen LogP contribution in [0.15, 0.2) is 24.3 Å². The topological polar surface area (TPSA) is 76.4 Å². The Balaban J connectivity index is 1.82. The zero-order valence-corrected chi connectivity index (χ0v) is 10.2. The molecule has 0 atom stereocenters. The molecule has 0 unspecified atom stereocenters. The summed E-state index contributed by atoms with van der Waals surface area (Å²) in [6.45, 7) is 3.07. The molecule has 0 aromatic heterocycles. The van der Waals surface area contributed by atoms with Crippen molar-refractivity contribution in [2.24, 2.45) is 0 Å². The molecule has 1 saturated heterocycles. The van der Waals surface area contributed by atoms with Gasteiger partial charge in [-0.15, -0.1) is 0 Å². The molecule has 5 heteroatoms. The van der Waals surface area contributed by atoms with Crippen molar-refractivity contribution in [2.45, 2.75) is 12.5 Å². The molecule has 2 N–H and O–H groups in total. The van der Waals surface area contributed by atoms with Crippen LogP contribution >= 0.6 is 0 Å². The van der Waals surface area contributed by atoms with E-state index >= 15 is 0 Å². The molecule has 1 amide bonds. The summed E-state index contributed by atoms with van der Waals surface area (Å²) in [6.07, 6.45) is 0. The highest BCUT2D eigenvalue weighted by Gasteiger charge is 2.37. The first-order chi connectivity index (χ1) is 8.48. The molecule has 0 aliphatic carbocycles. The molecule has 1 aliphatic heterocycles. The van der Waals surface area contributed by atoms with Gasteiger partial charge < -0.3 is 10.4 Å². The zero-order chi connectivity index (χ0) is 13.2. The Labute approximate surface area is 106 Å². The van der Waals surface area contributed by atoms with Gasteiger partial charge in [-0.05, 0) is 31.2 Å². The minimum atomic E-state index is -0.658. The molecule has 0 spiro atoms. The zero-order valence-electron chi connectivity index (χ0n) is 10.2. The Kier molecular flexibility index (Phi) is 3.32. The molecule has 18 heavy (non-hydrogen) atoms. The van der Waals surface area contributed by atoms with Crippen molar-refractivity contribution in [3.8, 4) is 6.07 Å². The first kappa shape index (κ1) is 12.6. The molecule has 1 aromatic rings. The molecule has 1 aromatic carbocycles. The highest BCUT2D eigenvalue weighted by molar-refractivity contribution is 5.92. The van der Waals surface area contributed by atoms with Crippen LogP contribution in [0.4, 0.5) is 5.69 Å². The van der Waals surface area contributed by atoms with Crippen molar-refractivity contribution >= 4 is 11.6 Å². The van der Waals surface area contributed by atoms with E-state index in [0.29, 0.717) is 24.3 Å². The van der Waals surface area contributed by atoms with Crippen molar-refractivity contribution in [3.05, 3.63) is 29.8 Å². The van der Waals surface area contributed by atoms with E-state index in [1.165, 1.54) is 0 Å². The number of anilines is 1. The summed E-state index contributed by atoms with van der Waals surface area (Å²) < 4.78 is 0. The van der Waals surface area contributed by atoms with E-state index in [4.69, 9.17) is 5.26 Å². The Hall–Kier alpha value is -1.90. The van der Waals surface area contributed by atoms with Gasteiger partial charge in [0.1, 0.15) is 0 Å². The second-order valence-electron chi connectivity index (χ2n) is 4.88. The monoisotopic (exact) mass is 245 g/mol. The van der Waals surface area contributed by atoms with E-state index in [1.807, 2.05) is 11.0 Å². The van der Waals surface area contributed by atoms with E-state index in [9.17, 15) is 9.90 Å². The number of nitriles is 1. The van der Waals surface area contributed by atoms with Crippen LogP contribution < -0.4 is 5.32 Å². The Bertz CT molecular complexity index is 480.